The number of nitrogens with zero attached hydrogens (tertiary/aromatic N) is 2. The van der Waals surface area contributed by atoms with Crippen LogP contribution in [0.15, 0.2) is 24.3 Å². The number of nitriles is 1. The van der Waals surface area contributed by atoms with Crippen LogP contribution in [0.2, 0.25) is 0 Å². The van der Waals surface area contributed by atoms with Crippen LogP contribution in [0, 0.1) is 16.7 Å². The average molecular weight is 292 g/mol. The first-order chi connectivity index (χ1) is 9.27. The highest BCUT2D eigenvalue weighted by Gasteiger charge is 2.47. The zero-order valence-electron chi connectivity index (χ0n) is 11.3. The molecule has 0 aromatic heterocycles. The Labute approximate surface area is 125 Å². The lowest BCUT2D eigenvalue weighted by Crippen LogP contribution is -2.42. The van der Waals surface area contributed by atoms with E-state index < -0.39 is 0 Å². The smallest absolute Gasteiger partial charge is 0.233 e. The van der Waals surface area contributed by atoms with Crippen LogP contribution in [0.3, 0.4) is 0 Å². The van der Waals surface area contributed by atoms with Crippen molar-refractivity contribution in [1.82, 2.24) is 5.32 Å². The minimum Gasteiger partial charge on any atom is -0.317 e. The number of carbonyl (C=O) groups excluding carboxylic acids is 1. The van der Waals surface area contributed by atoms with Crippen LogP contribution in [0.4, 0.5) is 5.69 Å². The number of piperidine rings is 1. The molecule has 106 valence electrons. The molecule has 2 fully saturated rings. The number of para-hydroxylation sites is 1. The van der Waals surface area contributed by atoms with Crippen molar-refractivity contribution in [2.75, 3.05) is 24.5 Å². The molecule has 0 atom stereocenters. The number of hydrogen-bond acceptors (Lipinski definition) is 3. The topological polar surface area (TPSA) is 56.1 Å². The molecule has 0 unspecified atom stereocenters. The molecule has 4 nitrogen and oxygen atoms in total. The van der Waals surface area contributed by atoms with Crippen molar-refractivity contribution in [3.8, 4) is 6.07 Å². The summed E-state index contributed by atoms with van der Waals surface area (Å²) in [6.45, 7) is 2.57. The Morgan fingerprint density at radius 1 is 1.20 bits per heavy atom. The first-order valence-corrected chi connectivity index (χ1v) is 6.79. The van der Waals surface area contributed by atoms with Gasteiger partial charge in [-0.1, -0.05) is 12.1 Å². The molecule has 5 heteroatoms. The zero-order valence-corrected chi connectivity index (χ0v) is 12.1. The lowest BCUT2D eigenvalue weighted by atomic mass is 9.77. The molecule has 1 spiro atoms. The van der Waals surface area contributed by atoms with Gasteiger partial charge >= 0.3 is 0 Å². The predicted molar refractivity (Wildman–Crippen MR) is 79.9 cm³/mol. The fourth-order valence-corrected chi connectivity index (χ4v) is 3.22. The molecule has 1 aromatic carbocycles. The van der Waals surface area contributed by atoms with Gasteiger partial charge in [-0.25, -0.2) is 0 Å². The summed E-state index contributed by atoms with van der Waals surface area (Å²) in [5.41, 5.74) is 1.17. The normalized spacial score (nSPS) is 20.6. The molecule has 3 rings (SSSR count). The highest BCUT2D eigenvalue weighted by atomic mass is 35.5. The lowest BCUT2D eigenvalue weighted by molar-refractivity contribution is -0.126. The maximum absolute atomic E-state index is 12.7. The van der Waals surface area contributed by atoms with E-state index in [9.17, 15) is 4.79 Å². The minimum absolute atomic E-state index is 0. The number of hydrogen-bond donors (Lipinski definition) is 1. The Morgan fingerprint density at radius 2 is 1.90 bits per heavy atom. The SMILES string of the molecule is Cl.N#Cc1ccccc1N1CCC2(CCNCC2)C1=O. The van der Waals surface area contributed by atoms with Crippen molar-refractivity contribution < 1.29 is 4.79 Å². The molecule has 2 aliphatic rings. The Hall–Kier alpha value is -1.57. The van der Waals surface area contributed by atoms with Gasteiger partial charge in [-0.2, -0.15) is 5.26 Å². The number of carbonyl (C=O) groups is 1. The van der Waals surface area contributed by atoms with Gasteiger partial charge in [0.1, 0.15) is 6.07 Å². The van der Waals surface area contributed by atoms with Gasteiger partial charge in [0.05, 0.1) is 16.7 Å². The van der Waals surface area contributed by atoms with Crippen molar-refractivity contribution in [2.24, 2.45) is 5.41 Å². The summed E-state index contributed by atoms with van der Waals surface area (Å²) >= 11 is 0. The van der Waals surface area contributed by atoms with Crippen LogP contribution in [0.5, 0.6) is 0 Å². The number of nitrogens with one attached hydrogen (secondary N) is 1. The molecule has 20 heavy (non-hydrogen) atoms. The third-order valence-electron chi connectivity index (χ3n) is 4.39. The summed E-state index contributed by atoms with van der Waals surface area (Å²) in [7, 11) is 0. The minimum atomic E-state index is -0.187. The summed E-state index contributed by atoms with van der Waals surface area (Å²) in [5.74, 6) is 0.205. The van der Waals surface area contributed by atoms with Gasteiger partial charge in [-0.15, -0.1) is 12.4 Å². The van der Waals surface area contributed by atoms with Crippen LogP contribution in [-0.2, 0) is 4.79 Å². The van der Waals surface area contributed by atoms with Crippen LogP contribution in [-0.4, -0.2) is 25.5 Å². The van der Waals surface area contributed by atoms with E-state index >= 15 is 0 Å². The van der Waals surface area contributed by atoms with Crippen molar-refractivity contribution in [3.05, 3.63) is 29.8 Å². The van der Waals surface area contributed by atoms with Gasteiger partial charge in [-0.05, 0) is 44.5 Å². The van der Waals surface area contributed by atoms with Gasteiger partial charge < -0.3 is 10.2 Å². The molecule has 1 aromatic rings. The second-order valence-corrected chi connectivity index (χ2v) is 5.37. The highest BCUT2D eigenvalue weighted by molar-refractivity contribution is 6.00. The zero-order chi connectivity index (χ0) is 13.3. The van der Waals surface area contributed by atoms with Crippen molar-refractivity contribution >= 4 is 24.0 Å². The van der Waals surface area contributed by atoms with Gasteiger partial charge in [0.25, 0.3) is 0 Å². The second-order valence-electron chi connectivity index (χ2n) is 5.37. The molecule has 2 heterocycles. The second kappa shape index (κ2) is 5.82. The monoisotopic (exact) mass is 291 g/mol. The third-order valence-corrected chi connectivity index (χ3v) is 4.39. The fourth-order valence-electron chi connectivity index (χ4n) is 3.22. The van der Waals surface area contributed by atoms with Gasteiger partial charge in [-0.3, -0.25) is 4.79 Å². The van der Waals surface area contributed by atoms with Crippen molar-refractivity contribution in [1.29, 1.82) is 5.26 Å². The Kier molecular flexibility index (Phi) is 4.32. The van der Waals surface area contributed by atoms with E-state index in [2.05, 4.69) is 11.4 Å². The Bertz CT molecular complexity index is 546. The first-order valence-electron chi connectivity index (χ1n) is 6.79. The van der Waals surface area contributed by atoms with Gasteiger partial charge in [0.15, 0.2) is 0 Å². The fraction of sp³-hybridized carbons (Fsp3) is 0.467. The largest absolute Gasteiger partial charge is 0.317 e. The molecular weight excluding hydrogens is 274 g/mol. The van der Waals surface area contributed by atoms with Gasteiger partial charge in [0, 0.05) is 6.54 Å². The molecule has 0 bridgehead atoms. The summed E-state index contributed by atoms with van der Waals surface area (Å²) in [5, 5.41) is 12.5. The number of halogens is 1. The summed E-state index contributed by atoms with van der Waals surface area (Å²) < 4.78 is 0. The number of amides is 1. The van der Waals surface area contributed by atoms with Crippen molar-refractivity contribution in [2.45, 2.75) is 19.3 Å². The molecule has 1 amide bonds. The number of rotatable bonds is 1. The molecule has 0 saturated carbocycles. The summed E-state index contributed by atoms with van der Waals surface area (Å²) in [4.78, 5) is 14.5. The van der Waals surface area contributed by atoms with Gasteiger partial charge in [0.2, 0.25) is 5.91 Å². The van der Waals surface area contributed by atoms with Crippen LogP contribution in [0.25, 0.3) is 0 Å². The molecule has 0 aliphatic carbocycles. The first kappa shape index (κ1) is 14.8. The molecule has 1 N–H and O–H groups in total. The van der Waals surface area contributed by atoms with Crippen LogP contribution >= 0.6 is 12.4 Å². The van der Waals surface area contributed by atoms with E-state index in [-0.39, 0.29) is 23.7 Å². The number of anilines is 1. The van der Waals surface area contributed by atoms with E-state index in [1.165, 1.54) is 0 Å². The van der Waals surface area contributed by atoms with Crippen molar-refractivity contribution in [3.63, 3.8) is 0 Å². The van der Waals surface area contributed by atoms with E-state index in [4.69, 9.17) is 5.26 Å². The number of benzene rings is 1. The quantitative estimate of drug-likeness (QED) is 0.862. The maximum Gasteiger partial charge on any atom is 0.233 e. The third kappa shape index (κ3) is 2.28. The lowest BCUT2D eigenvalue weighted by Gasteiger charge is -2.32. The molecular formula is C15H18ClN3O. The van der Waals surface area contributed by atoms with E-state index in [0.717, 1.165) is 44.6 Å². The maximum atomic E-state index is 12.7. The molecule has 2 saturated heterocycles. The highest BCUT2D eigenvalue weighted by Crippen LogP contribution is 2.42. The Morgan fingerprint density at radius 3 is 2.60 bits per heavy atom. The summed E-state index contributed by atoms with van der Waals surface area (Å²) in [6.07, 6.45) is 2.74. The Balaban J connectivity index is 0.00000147. The van der Waals surface area contributed by atoms with Crippen LogP contribution < -0.4 is 10.2 Å². The standard InChI is InChI=1S/C15H17N3O.ClH/c16-11-12-3-1-2-4-13(12)18-10-7-15(14(18)19)5-8-17-9-6-15;/h1-4,17H,5-10H2;1H. The average Bonchev–Trinajstić information content (AvgIpc) is 2.77. The predicted octanol–water partition coefficient (Wildman–Crippen LogP) is 2.09. The van der Waals surface area contributed by atoms with E-state index in [1.807, 2.05) is 23.1 Å². The van der Waals surface area contributed by atoms with E-state index in [1.54, 1.807) is 6.07 Å². The van der Waals surface area contributed by atoms with E-state index in [0.29, 0.717) is 5.56 Å². The molecule has 2 aliphatic heterocycles. The van der Waals surface area contributed by atoms with Crippen LogP contribution in [0.1, 0.15) is 24.8 Å². The summed E-state index contributed by atoms with van der Waals surface area (Å²) in [6, 6.07) is 9.55. The molecule has 0 radical (unpaired) electrons.